The zero-order valence-corrected chi connectivity index (χ0v) is 19.5. The van der Waals surface area contributed by atoms with E-state index in [0.717, 1.165) is 43.6 Å². The van der Waals surface area contributed by atoms with Gasteiger partial charge in [0.2, 0.25) is 0 Å². The minimum atomic E-state index is -0.925. The molecular formula is C19H35IN4OS. The molecule has 2 unspecified atom stereocenters. The van der Waals surface area contributed by atoms with Crippen LogP contribution < -0.4 is 10.6 Å². The molecular weight excluding hydrogens is 459 g/mol. The van der Waals surface area contributed by atoms with Crippen molar-refractivity contribution in [1.82, 2.24) is 15.5 Å². The fourth-order valence-electron chi connectivity index (χ4n) is 3.22. The largest absolute Gasteiger partial charge is 0.383 e. The average molecular weight is 494 g/mol. The maximum atomic E-state index is 10.6. The fraction of sp³-hybridized carbons (Fsp3) is 0.737. The van der Waals surface area contributed by atoms with Crippen LogP contribution in [0.2, 0.25) is 0 Å². The summed E-state index contributed by atoms with van der Waals surface area (Å²) in [4.78, 5) is 7.17. The zero-order valence-electron chi connectivity index (χ0n) is 16.3. The van der Waals surface area contributed by atoms with Crippen molar-refractivity contribution < 1.29 is 5.11 Å². The van der Waals surface area contributed by atoms with E-state index in [-0.39, 0.29) is 24.0 Å². The van der Waals surface area contributed by atoms with Crippen LogP contribution in [-0.4, -0.2) is 54.7 Å². The Bertz CT molecular complexity index is 522. The maximum absolute atomic E-state index is 10.6. The number of thiophene rings is 1. The number of nitrogens with zero attached hydrogens (tertiary/aromatic N) is 2. The molecule has 0 bridgehead atoms. The van der Waals surface area contributed by atoms with E-state index in [1.165, 1.54) is 25.8 Å². The number of aliphatic hydroxyl groups is 1. The SMILES string of the molecule is CCNC(=NCC(C)(O)c1ccsc1)NCCCN1CCCCC1C.I. The van der Waals surface area contributed by atoms with Crippen molar-refractivity contribution in [3.8, 4) is 0 Å². The lowest BCUT2D eigenvalue weighted by atomic mass is 10.00. The fourth-order valence-corrected chi connectivity index (χ4v) is 4.00. The molecule has 0 aromatic carbocycles. The summed E-state index contributed by atoms with van der Waals surface area (Å²) in [5, 5.41) is 21.2. The summed E-state index contributed by atoms with van der Waals surface area (Å²) in [6.07, 6.45) is 5.14. The van der Waals surface area contributed by atoms with Gasteiger partial charge in [-0.25, -0.2) is 4.99 Å². The number of nitrogens with one attached hydrogen (secondary N) is 2. The van der Waals surface area contributed by atoms with Gasteiger partial charge < -0.3 is 20.6 Å². The molecule has 1 aromatic rings. The van der Waals surface area contributed by atoms with Crippen molar-refractivity contribution in [3.63, 3.8) is 0 Å². The van der Waals surface area contributed by atoms with Gasteiger partial charge in [-0.15, -0.1) is 24.0 Å². The predicted octanol–water partition coefficient (Wildman–Crippen LogP) is 3.39. The maximum Gasteiger partial charge on any atom is 0.191 e. The Labute approximate surface area is 179 Å². The lowest BCUT2D eigenvalue weighted by molar-refractivity contribution is 0.0677. The Hall–Kier alpha value is -0.380. The summed E-state index contributed by atoms with van der Waals surface area (Å²) in [7, 11) is 0. The number of likely N-dealkylation sites (tertiary alicyclic amines) is 1. The third kappa shape index (κ3) is 7.70. The van der Waals surface area contributed by atoms with Crippen LogP contribution in [0.1, 0.15) is 52.0 Å². The third-order valence-corrected chi connectivity index (χ3v) is 5.57. The van der Waals surface area contributed by atoms with Gasteiger partial charge in [0.05, 0.1) is 6.54 Å². The first kappa shape index (κ1) is 23.7. The van der Waals surface area contributed by atoms with Crippen molar-refractivity contribution in [2.75, 3.05) is 32.7 Å². The topological polar surface area (TPSA) is 59.9 Å². The van der Waals surface area contributed by atoms with E-state index in [1.54, 1.807) is 11.3 Å². The number of hydrogen-bond donors (Lipinski definition) is 3. The van der Waals surface area contributed by atoms with Crippen molar-refractivity contribution >= 4 is 41.3 Å². The van der Waals surface area contributed by atoms with Gasteiger partial charge in [-0.2, -0.15) is 11.3 Å². The highest BCUT2D eigenvalue weighted by atomic mass is 127. The number of piperidine rings is 1. The Morgan fingerprint density at radius 2 is 2.23 bits per heavy atom. The summed E-state index contributed by atoms with van der Waals surface area (Å²) in [5.41, 5.74) is 0.00201. The molecule has 1 saturated heterocycles. The molecule has 26 heavy (non-hydrogen) atoms. The lowest BCUT2D eigenvalue weighted by Gasteiger charge is -2.33. The van der Waals surface area contributed by atoms with Crippen LogP contribution in [-0.2, 0) is 5.60 Å². The van der Waals surface area contributed by atoms with Crippen molar-refractivity contribution in [2.24, 2.45) is 4.99 Å². The molecule has 7 heteroatoms. The summed E-state index contributed by atoms with van der Waals surface area (Å²) >= 11 is 1.60. The minimum absolute atomic E-state index is 0. The van der Waals surface area contributed by atoms with Crippen LogP contribution in [0.4, 0.5) is 0 Å². The highest BCUT2D eigenvalue weighted by Gasteiger charge is 2.23. The van der Waals surface area contributed by atoms with Gasteiger partial charge in [-0.1, -0.05) is 6.42 Å². The number of guanidine groups is 1. The second-order valence-electron chi connectivity index (χ2n) is 7.14. The molecule has 0 amide bonds. The highest BCUT2D eigenvalue weighted by Crippen LogP contribution is 2.23. The molecule has 150 valence electrons. The van der Waals surface area contributed by atoms with Gasteiger partial charge in [0, 0.05) is 25.7 Å². The van der Waals surface area contributed by atoms with Crippen molar-refractivity contribution in [3.05, 3.63) is 22.4 Å². The summed E-state index contributed by atoms with van der Waals surface area (Å²) in [5.74, 6) is 0.782. The summed E-state index contributed by atoms with van der Waals surface area (Å²) in [6.45, 7) is 10.7. The first-order valence-corrected chi connectivity index (χ1v) is 10.5. The number of rotatable bonds is 8. The van der Waals surface area contributed by atoms with E-state index in [0.29, 0.717) is 6.54 Å². The lowest BCUT2D eigenvalue weighted by Crippen LogP contribution is -2.42. The molecule has 2 rings (SSSR count). The molecule has 0 saturated carbocycles. The van der Waals surface area contributed by atoms with Gasteiger partial charge in [0.25, 0.3) is 0 Å². The van der Waals surface area contributed by atoms with E-state index in [1.807, 2.05) is 23.8 Å². The molecule has 2 heterocycles. The predicted molar refractivity (Wildman–Crippen MR) is 123 cm³/mol. The number of aliphatic imine (C=N–C) groups is 1. The molecule has 0 radical (unpaired) electrons. The van der Waals surface area contributed by atoms with Crippen LogP contribution >= 0.6 is 35.3 Å². The van der Waals surface area contributed by atoms with Gasteiger partial charge in [-0.3, -0.25) is 0 Å². The molecule has 0 spiro atoms. The van der Waals surface area contributed by atoms with Crippen molar-refractivity contribution in [2.45, 2.75) is 58.1 Å². The molecule has 1 aliphatic rings. The monoisotopic (exact) mass is 494 g/mol. The zero-order chi connectivity index (χ0) is 18.1. The van der Waals surface area contributed by atoms with Crippen LogP contribution in [0.5, 0.6) is 0 Å². The van der Waals surface area contributed by atoms with E-state index >= 15 is 0 Å². The van der Waals surface area contributed by atoms with E-state index in [9.17, 15) is 5.11 Å². The van der Waals surface area contributed by atoms with E-state index in [2.05, 4.69) is 34.4 Å². The smallest absolute Gasteiger partial charge is 0.191 e. The molecule has 3 N–H and O–H groups in total. The van der Waals surface area contributed by atoms with Crippen molar-refractivity contribution in [1.29, 1.82) is 0 Å². The van der Waals surface area contributed by atoms with Crippen LogP contribution in [0.15, 0.2) is 21.8 Å². The molecule has 5 nitrogen and oxygen atoms in total. The van der Waals surface area contributed by atoms with Gasteiger partial charge in [-0.05, 0) is 69.0 Å². The standard InChI is InChI=1S/C19H34N4OS.HI/c1-4-20-18(22-15-19(3,24)17-9-13-25-14-17)21-10-7-12-23-11-6-5-8-16(23)2;/h9,13-14,16,24H,4-8,10-12,15H2,1-3H3,(H2,20,21,22);1H. The van der Waals surface area contributed by atoms with Gasteiger partial charge in [0.15, 0.2) is 5.96 Å². The first-order chi connectivity index (χ1) is 12.0. The Morgan fingerprint density at radius 1 is 1.42 bits per heavy atom. The summed E-state index contributed by atoms with van der Waals surface area (Å²) < 4.78 is 0. The average Bonchev–Trinajstić information content (AvgIpc) is 3.13. The molecule has 1 aromatic heterocycles. The highest BCUT2D eigenvalue weighted by molar-refractivity contribution is 14.0. The van der Waals surface area contributed by atoms with Gasteiger partial charge >= 0.3 is 0 Å². The quantitative estimate of drug-likeness (QED) is 0.225. The Kier molecular flexibility index (Phi) is 11.1. The first-order valence-electron chi connectivity index (χ1n) is 9.54. The summed E-state index contributed by atoms with van der Waals surface area (Å²) in [6, 6.07) is 2.68. The molecule has 1 fully saturated rings. The van der Waals surface area contributed by atoms with E-state index in [4.69, 9.17) is 0 Å². The van der Waals surface area contributed by atoms with Crippen LogP contribution in [0.3, 0.4) is 0 Å². The Balaban J connectivity index is 0.00000338. The Morgan fingerprint density at radius 3 is 2.88 bits per heavy atom. The van der Waals surface area contributed by atoms with Crippen LogP contribution in [0.25, 0.3) is 0 Å². The molecule has 0 aliphatic carbocycles. The van der Waals surface area contributed by atoms with E-state index < -0.39 is 5.60 Å². The van der Waals surface area contributed by atoms with Crippen LogP contribution in [0, 0.1) is 0 Å². The molecule has 2 atom stereocenters. The number of halogens is 1. The second-order valence-corrected chi connectivity index (χ2v) is 7.92. The molecule has 1 aliphatic heterocycles. The minimum Gasteiger partial charge on any atom is -0.383 e. The normalized spacial score (nSPS) is 20.9. The second kappa shape index (κ2) is 12.2. The third-order valence-electron chi connectivity index (χ3n) is 4.89. The van der Waals surface area contributed by atoms with Gasteiger partial charge in [0.1, 0.15) is 5.60 Å². The number of hydrogen-bond acceptors (Lipinski definition) is 4.